The van der Waals surface area contributed by atoms with Gasteiger partial charge < -0.3 is 10.2 Å². The van der Waals surface area contributed by atoms with E-state index in [0.717, 1.165) is 11.1 Å². The highest BCUT2D eigenvalue weighted by molar-refractivity contribution is 5.40. The summed E-state index contributed by atoms with van der Waals surface area (Å²) in [5.74, 6) is 4.82. The van der Waals surface area contributed by atoms with Gasteiger partial charge >= 0.3 is 0 Å². The molecule has 0 aliphatic heterocycles. The van der Waals surface area contributed by atoms with Crippen LogP contribution in [0.3, 0.4) is 0 Å². The third-order valence-corrected chi connectivity index (χ3v) is 3.56. The molecule has 0 saturated heterocycles. The normalized spacial score (nSPS) is 11.5. The average Bonchev–Trinajstić information content (AvgIpc) is 2.60. The third kappa shape index (κ3) is 5.31. The molecule has 4 heteroatoms. The standard InChI is InChI=1S/C20H18F2O2/c21-19-7-3-15(4-8-19)12-17(2-1-11-23)18(14-24)13-16-5-9-20(22)10-6-16/h3-10,23-24H,11-14H2/b18-17-. The van der Waals surface area contributed by atoms with Crippen LogP contribution in [-0.2, 0) is 12.8 Å². The van der Waals surface area contributed by atoms with E-state index in [1.165, 1.54) is 24.3 Å². The Morgan fingerprint density at radius 1 is 0.792 bits per heavy atom. The average molecular weight is 328 g/mol. The Morgan fingerprint density at radius 3 is 1.75 bits per heavy atom. The zero-order chi connectivity index (χ0) is 17.4. The Kier molecular flexibility index (Phi) is 6.68. The largest absolute Gasteiger partial charge is 0.392 e. The minimum absolute atomic E-state index is 0.200. The van der Waals surface area contributed by atoms with Crippen LogP contribution in [0.5, 0.6) is 0 Å². The predicted octanol–water partition coefficient (Wildman–Crippen LogP) is 3.03. The van der Waals surface area contributed by atoms with E-state index in [-0.39, 0.29) is 24.8 Å². The molecule has 0 bridgehead atoms. The van der Waals surface area contributed by atoms with Gasteiger partial charge in [-0.05, 0) is 47.4 Å². The molecule has 124 valence electrons. The maximum Gasteiger partial charge on any atom is 0.123 e. The summed E-state index contributed by atoms with van der Waals surface area (Å²) >= 11 is 0. The molecular weight excluding hydrogens is 310 g/mol. The van der Waals surface area contributed by atoms with E-state index in [2.05, 4.69) is 11.8 Å². The molecule has 24 heavy (non-hydrogen) atoms. The van der Waals surface area contributed by atoms with Crippen molar-refractivity contribution in [3.05, 3.63) is 82.4 Å². The van der Waals surface area contributed by atoms with Crippen LogP contribution in [0.25, 0.3) is 0 Å². The maximum absolute atomic E-state index is 13.0. The van der Waals surface area contributed by atoms with Gasteiger partial charge in [-0.15, -0.1) is 0 Å². The fraction of sp³-hybridized carbons (Fsp3) is 0.200. The lowest BCUT2D eigenvalue weighted by Crippen LogP contribution is -2.03. The van der Waals surface area contributed by atoms with E-state index in [9.17, 15) is 13.9 Å². The van der Waals surface area contributed by atoms with E-state index in [4.69, 9.17) is 5.11 Å². The molecule has 2 N–H and O–H groups in total. The van der Waals surface area contributed by atoms with Crippen molar-refractivity contribution in [3.8, 4) is 11.8 Å². The highest BCUT2D eigenvalue weighted by atomic mass is 19.1. The fourth-order valence-corrected chi connectivity index (χ4v) is 2.32. The second-order valence-electron chi connectivity index (χ2n) is 5.31. The van der Waals surface area contributed by atoms with Crippen molar-refractivity contribution in [2.75, 3.05) is 13.2 Å². The molecule has 2 rings (SSSR count). The topological polar surface area (TPSA) is 40.5 Å². The summed E-state index contributed by atoms with van der Waals surface area (Å²) in [6.45, 7) is -0.490. The molecule has 0 radical (unpaired) electrons. The predicted molar refractivity (Wildman–Crippen MR) is 89.2 cm³/mol. The van der Waals surface area contributed by atoms with E-state index in [0.29, 0.717) is 24.0 Å². The van der Waals surface area contributed by atoms with Gasteiger partial charge in [0, 0.05) is 12.0 Å². The summed E-state index contributed by atoms with van der Waals surface area (Å²) in [7, 11) is 0. The molecule has 2 nitrogen and oxygen atoms in total. The zero-order valence-electron chi connectivity index (χ0n) is 13.1. The van der Waals surface area contributed by atoms with Crippen molar-refractivity contribution in [1.29, 1.82) is 0 Å². The molecule has 2 aromatic rings. The molecule has 0 aliphatic rings. The van der Waals surface area contributed by atoms with E-state index < -0.39 is 0 Å². The van der Waals surface area contributed by atoms with Gasteiger partial charge in [0.2, 0.25) is 0 Å². The summed E-state index contributed by atoms with van der Waals surface area (Å²) in [5.41, 5.74) is 3.06. The Bertz CT molecular complexity index is 751. The Labute approximate surface area is 140 Å². The summed E-state index contributed by atoms with van der Waals surface area (Å²) in [4.78, 5) is 0. The SMILES string of the molecule is OCC#C/C(Cc1ccc(F)cc1)=C(/CO)Cc1ccc(F)cc1. The third-order valence-electron chi connectivity index (χ3n) is 3.56. The van der Waals surface area contributed by atoms with Gasteiger partial charge in [0.1, 0.15) is 18.2 Å². The molecule has 0 heterocycles. The summed E-state index contributed by atoms with van der Waals surface area (Å²) < 4.78 is 26.0. The summed E-state index contributed by atoms with van der Waals surface area (Å²) in [6.07, 6.45) is 0.845. The summed E-state index contributed by atoms with van der Waals surface area (Å²) in [6, 6.07) is 12.1. The van der Waals surface area contributed by atoms with Crippen LogP contribution in [0.15, 0.2) is 59.7 Å². The second-order valence-corrected chi connectivity index (χ2v) is 5.31. The Balaban J connectivity index is 2.31. The van der Waals surface area contributed by atoms with Crippen molar-refractivity contribution in [3.63, 3.8) is 0 Å². The number of hydrogen-bond donors (Lipinski definition) is 2. The Morgan fingerprint density at radius 2 is 1.29 bits per heavy atom. The lowest BCUT2D eigenvalue weighted by molar-refractivity contribution is 0.327. The number of rotatable bonds is 5. The van der Waals surface area contributed by atoms with Crippen LogP contribution in [0, 0.1) is 23.5 Å². The maximum atomic E-state index is 13.0. The number of aliphatic hydroxyl groups excluding tert-OH is 2. The molecule has 0 fully saturated rings. The first-order chi connectivity index (χ1) is 11.6. The molecule has 0 atom stereocenters. The van der Waals surface area contributed by atoms with Crippen LogP contribution in [0.4, 0.5) is 8.78 Å². The number of aliphatic hydroxyl groups is 2. The Hall–Kier alpha value is -2.48. The number of halogens is 2. The van der Waals surface area contributed by atoms with Gasteiger partial charge in [-0.3, -0.25) is 0 Å². The smallest absolute Gasteiger partial charge is 0.123 e. The van der Waals surface area contributed by atoms with Gasteiger partial charge in [0.05, 0.1) is 6.61 Å². The molecule has 0 aromatic heterocycles. The van der Waals surface area contributed by atoms with Crippen molar-refractivity contribution >= 4 is 0 Å². The molecule has 2 aromatic carbocycles. The first-order valence-electron chi connectivity index (χ1n) is 7.52. The quantitative estimate of drug-likeness (QED) is 0.828. The monoisotopic (exact) mass is 328 g/mol. The second kappa shape index (κ2) is 8.97. The van der Waals surface area contributed by atoms with Crippen LogP contribution in [0.2, 0.25) is 0 Å². The molecule has 0 aliphatic carbocycles. The first-order valence-corrected chi connectivity index (χ1v) is 7.52. The van der Waals surface area contributed by atoms with E-state index in [1.807, 2.05) is 0 Å². The molecule has 0 unspecified atom stereocenters. The van der Waals surface area contributed by atoms with E-state index in [1.54, 1.807) is 24.3 Å². The van der Waals surface area contributed by atoms with Crippen molar-refractivity contribution < 1.29 is 19.0 Å². The molecular formula is C20H18F2O2. The van der Waals surface area contributed by atoms with Crippen LogP contribution >= 0.6 is 0 Å². The number of allylic oxidation sites excluding steroid dienone is 1. The van der Waals surface area contributed by atoms with Crippen molar-refractivity contribution in [2.45, 2.75) is 12.8 Å². The summed E-state index contributed by atoms with van der Waals surface area (Å²) in [5, 5.41) is 18.7. The van der Waals surface area contributed by atoms with Crippen LogP contribution in [0.1, 0.15) is 11.1 Å². The van der Waals surface area contributed by atoms with Gasteiger partial charge in [0.25, 0.3) is 0 Å². The van der Waals surface area contributed by atoms with E-state index >= 15 is 0 Å². The number of hydrogen-bond acceptors (Lipinski definition) is 2. The van der Waals surface area contributed by atoms with Crippen LogP contribution < -0.4 is 0 Å². The van der Waals surface area contributed by atoms with Gasteiger partial charge in [0.15, 0.2) is 0 Å². The minimum atomic E-state index is -0.320. The van der Waals surface area contributed by atoms with Crippen molar-refractivity contribution in [1.82, 2.24) is 0 Å². The highest BCUT2D eigenvalue weighted by Crippen LogP contribution is 2.17. The van der Waals surface area contributed by atoms with Gasteiger partial charge in [-0.2, -0.15) is 0 Å². The molecule has 0 amide bonds. The first kappa shape index (κ1) is 17.9. The molecule has 0 spiro atoms. The van der Waals surface area contributed by atoms with Gasteiger partial charge in [-0.25, -0.2) is 8.78 Å². The lowest BCUT2D eigenvalue weighted by Gasteiger charge is -2.10. The number of benzene rings is 2. The lowest BCUT2D eigenvalue weighted by atomic mass is 9.96. The molecule has 0 saturated carbocycles. The zero-order valence-corrected chi connectivity index (χ0v) is 13.1. The highest BCUT2D eigenvalue weighted by Gasteiger charge is 2.08. The van der Waals surface area contributed by atoms with Crippen molar-refractivity contribution in [2.24, 2.45) is 0 Å². The minimum Gasteiger partial charge on any atom is -0.392 e. The fourth-order valence-electron chi connectivity index (χ4n) is 2.32. The van der Waals surface area contributed by atoms with Crippen LogP contribution in [-0.4, -0.2) is 23.4 Å². The van der Waals surface area contributed by atoms with Gasteiger partial charge in [-0.1, -0.05) is 36.1 Å².